The van der Waals surface area contributed by atoms with Crippen molar-refractivity contribution in [3.05, 3.63) is 107 Å². The second kappa shape index (κ2) is 14.4. The number of rotatable bonds is 12. The van der Waals surface area contributed by atoms with Crippen LogP contribution in [0.3, 0.4) is 0 Å². The van der Waals surface area contributed by atoms with Gasteiger partial charge in [0.2, 0.25) is 11.8 Å². The third-order valence-corrected chi connectivity index (χ3v) is 6.84. The highest BCUT2D eigenvalue weighted by Crippen LogP contribution is 2.17. The van der Waals surface area contributed by atoms with Crippen molar-refractivity contribution in [3.8, 4) is 0 Å². The number of hydrogen-bond acceptors (Lipinski definition) is 4. The van der Waals surface area contributed by atoms with E-state index in [1.54, 1.807) is 17.0 Å². The molecule has 7 heteroatoms. The lowest BCUT2D eigenvalue weighted by atomic mass is 10.0. The Hall–Kier alpha value is -3.55. The van der Waals surface area contributed by atoms with Crippen molar-refractivity contribution in [1.29, 1.82) is 0 Å². The Labute approximate surface area is 224 Å². The van der Waals surface area contributed by atoms with Gasteiger partial charge in [-0.15, -0.1) is 0 Å². The normalized spacial score (nSPS) is 14.6. The molecule has 3 aromatic carbocycles. The summed E-state index contributed by atoms with van der Waals surface area (Å²) in [7, 11) is 0. The first-order valence-electron chi connectivity index (χ1n) is 13.3. The van der Waals surface area contributed by atoms with Gasteiger partial charge in [0, 0.05) is 45.6 Å². The fourth-order valence-corrected chi connectivity index (χ4v) is 4.66. The molecule has 1 atom stereocenters. The lowest BCUT2D eigenvalue weighted by Crippen LogP contribution is -2.52. The van der Waals surface area contributed by atoms with Crippen molar-refractivity contribution >= 4 is 11.8 Å². The molecule has 0 bridgehead atoms. The first-order valence-corrected chi connectivity index (χ1v) is 13.3. The van der Waals surface area contributed by atoms with Crippen LogP contribution in [-0.4, -0.2) is 67.0 Å². The minimum atomic E-state index is -0.699. The molecule has 0 saturated carbocycles. The molecule has 38 heavy (non-hydrogen) atoms. The molecule has 1 fully saturated rings. The first-order chi connectivity index (χ1) is 18.6. The number of hydrogen-bond donors (Lipinski definition) is 1. The fourth-order valence-electron chi connectivity index (χ4n) is 4.66. The van der Waals surface area contributed by atoms with E-state index in [2.05, 4.69) is 10.2 Å². The van der Waals surface area contributed by atoms with Gasteiger partial charge in [-0.25, -0.2) is 4.39 Å². The molecular formula is C31H36FN3O3. The minimum Gasteiger partial charge on any atom is -0.379 e. The molecule has 0 unspecified atom stereocenters. The second-order valence-electron chi connectivity index (χ2n) is 9.58. The van der Waals surface area contributed by atoms with Gasteiger partial charge in [-0.2, -0.15) is 0 Å². The zero-order valence-electron chi connectivity index (χ0n) is 21.7. The average Bonchev–Trinajstić information content (AvgIpc) is 2.96. The van der Waals surface area contributed by atoms with E-state index < -0.39 is 6.04 Å². The van der Waals surface area contributed by atoms with Crippen molar-refractivity contribution in [2.24, 2.45) is 0 Å². The van der Waals surface area contributed by atoms with E-state index in [-0.39, 0.29) is 30.6 Å². The fraction of sp³-hybridized carbons (Fsp3) is 0.355. The van der Waals surface area contributed by atoms with Crippen LogP contribution in [0.2, 0.25) is 0 Å². The maximum Gasteiger partial charge on any atom is 0.243 e. The number of benzene rings is 3. The Bertz CT molecular complexity index is 1140. The van der Waals surface area contributed by atoms with Crippen LogP contribution in [0, 0.1) is 5.82 Å². The molecule has 2 amide bonds. The number of aryl methyl sites for hydroxylation is 1. The molecule has 1 saturated heterocycles. The molecule has 0 spiro atoms. The third-order valence-electron chi connectivity index (χ3n) is 6.84. The number of ether oxygens (including phenoxy) is 1. The highest BCUT2D eigenvalue weighted by molar-refractivity contribution is 5.88. The van der Waals surface area contributed by atoms with Crippen LogP contribution < -0.4 is 5.32 Å². The zero-order chi connectivity index (χ0) is 26.6. The van der Waals surface area contributed by atoms with E-state index in [9.17, 15) is 14.0 Å². The van der Waals surface area contributed by atoms with Crippen LogP contribution in [0.5, 0.6) is 0 Å². The number of morpholine rings is 1. The Kier molecular flexibility index (Phi) is 10.4. The second-order valence-corrected chi connectivity index (χ2v) is 9.58. The lowest BCUT2D eigenvalue weighted by Gasteiger charge is -2.32. The minimum absolute atomic E-state index is 0.109. The number of halogens is 1. The maximum atomic E-state index is 13.7. The van der Waals surface area contributed by atoms with Gasteiger partial charge >= 0.3 is 0 Å². The van der Waals surface area contributed by atoms with Crippen molar-refractivity contribution in [2.45, 2.75) is 31.8 Å². The van der Waals surface area contributed by atoms with Crippen LogP contribution in [0.4, 0.5) is 4.39 Å². The molecule has 1 aliphatic heterocycles. The standard InChI is InChI=1S/C31H36FN3O3/c32-28-14-11-27(12-15-28)24-35(30(36)16-13-25-7-3-1-4-8-25)29(23-26-9-5-2-6-10-26)31(37)33-17-18-34-19-21-38-22-20-34/h1-12,14-15,29H,13,16-24H2,(H,33,37)/t29-/m1/s1. The summed E-state index contributed by atoms with van der Waals surface area (Å²) in [5.41, 5.74) is 2.82. The predicted molar refractivity (Wildman–Crippen MR) is 146 cm³/mol. The van der Waals surface area contributed by atoms with Crippen LogP contribution in [0.15, 0.2) is 84.9 Å². The molecule has 1 N–H and O–H groups in total. The van der Waals surface area contributed by atoms with Gasteiger partial charge in [-0.3, -0.25) is 14.5 Å². The summed E-state index contributed by atoms with van der Waals surface area (Å²) in [6.07, 6.45) is 1.25. The van der Waals surface area contributed by atoms with Gasteiger partial charge in [0.1, 0.15) is 11.9 Å². The van der Waals surface area contributed by atoms with E-state index in [1.165, 1.54) is 12.1 Å². The summed E-state index contributed by atoms with van der Waals surface area (Å²) in [5.74, 6) is -0.628. The topological polar surface area (TPSA) is 61.9 Å². The number of nitrogens with zero attached hydrogens (tertiary/aromatic N) is 2. The smallest absolute Gasteiger partial charge is 0.243 e. The summed E-state index contributed by atoms with van der Waals surface area (Å²) in [6, 6.07) is 25.0. The zero-order valence-corrected chi connectivity index (χ0v) is 21.7. The first kappa shape index (κ1) is 27.5. The summed E-state index contributed by atoms with van der Waals surface area (Å²) in [5, 5.41) is 3.08. The van der Waals surface area contributed by atoms with E-state index in [1.807, 2.05) is 60.7 Å². The van der Waals surface area contributed by atoms with Crippen molar-refractivity contribution in [3.63, 3.8) is 0 Å². The summed E-state index contributed by atoms with van der Waals surface area (Å²) in [6.45, 7) is 4.54. The molecular weight excluding hydrogens is 481 g/mol. The predicted octanol–water partition coefficient (Wildman–Crippen LogP) is 3.85. The van der Waals surface area contributed by atoms with Gasteiger partial charge in [0.15, 0.2) is 0 Å². The Morgan fingerprint density at radius 3 is 2.16 bits per heavy atom. The molecule has 1 heterocycles. The summed E-state index contributed by atoms with van der Waals surface area (Å²) in [4.78, 5) is 31.3. The number of carbonyl (C=O) groups is 2. The van der Waals surface area contributed by atoms with Gasteiger partial charge < -0.3 is 15.0 Å². The Balaban J connectivity index is 1.53. The largest absolute Gasteiger partial charge is 0.379 e. The van der Waals surface area contributed by atoms with Gasteiger partial charge in [-0.1, -0.05) is 72.8 Å². The molecule has 3 aromatic rings. The molecule has 0 aliphatic carbocycles. The molecule has 1 aliphatic rings. The van der Waals surface area contributed by atoms with Gasteiger partial charge in [0.25, 0.3) is 0 Å². The van der Waals surface area contributed by atoms with Crippen molar-refractivity contribution in [1.82, 2.24) is 15.1 Å². The van der Waals surface area contributed by atoms with E-state index in [0.717, 1.165) is 36.3 Å². The summed E-state index contributed by atoms with van der Waals surface area (Å²) >= 11 is 0. The number of carbonyl (C=O) groups excluding carboxylic acids is 2. The highest BCUT2D eigenvalue weighted by atomic mass is 19.1. The number of nitrogens with one attached hydrogen (secondary N) is 1. The van der Waals surface area contributed by atoms with E-state index in [0.29, 0.717) is 32.6 Å². The average molecular weight is 518 g/mol. The van der Waals surface area contributed by atoms with Crippen LogP contribution in [0.25, 0.3) is 0 Å². The molecule has 0 aromatic heterocycles. The maximum absolute atomic E-state index is 13.7. The molecule has 4 rings (SSSR count). The Morgan fingerprint density at radius 1 is 0.868 bits per heavy atom. The van der Waals surface area contributed by atoms with Crippen LogP contribution >= 0.6 is 0 Å². The van der Waals surface area contributed by atoms with E-state index in [4.69, 9.17) is 4.74 Å². The van der Waals surface area contributed by atoms with Crippen LogP contribution in [0.1, 0.15) is 23.1 Å². The quantitative estimate of drug-likeness (QED) is 0.397. The van der Waals surface area contributed by atoms with E-state index >= 15 is 0 Å². The molecule has 6 nitrogen and oxygen atoms in total. The van der Waals surface area contributed by atoms with Gasteiger partial charge in [-0.05, 0) is 35.2 Å². The highest BCUT2D eigenvalue weighted by Gasteiger charge is 2.30. The van der Waals surface area contributed by atoms with Crippen LogP contribution in [-0.2, 0) is 33.7 Å². The molecule has 0 radical (unpaired) electrons. The SMILES string of the molecule is O=C(NCCN1CCOCC1)[C@@H](Cc1ccccc1)N(Cc1ccc(F)cc1)C(=O)CCc1ccccc1. The number of amides is 2. The molecule has 200 valence electrons. The Morgan fingerprint density at radius 2 is 1.50 bits per heavy atom. The monoisotopic (exact) mass is 517 g/mol. The third kappa shape index (κ3) is 8.50. The van der Waals surface area contributed by atoms with Gasteiger partial charge in [0.05, 0.1) is 13.2 Å². The summed E-state index contributed by atoms with van der Waals surface area (Å²) < 4.78 is 19.0. The van der Waals surface area contributed by atoms with Crippen molar-refractivity contribution in [2.75, 3.05) is 39.4 Å². The lowest BCUT2D eigenvalue weighted by molar-refractivity contribution is -0.141. The van der Waals surface area contributed by atoms with Crippen molar-refractivity contribution < 1.29 is 18.7 Å².